The molecule has 1 N–H and O–H groups in total. The van der Waals surface area contributed by atoms with Crippen molar-refractivity contribution in [3.05, 3.63) is 41.5 Å². The molecule has 1 fully saturated rings. The van der Waals surface area contributed by atoms with E-state index in [4.69, 9.17) is 0 Å². The van der Waals surface area contributed by atoms with Crippen molar-refractivity contribution in [2.45, 2.75) is 44.7 Å². The smallest absolute Gasteiger partial charge is 0.251 e. The van der Waals surface area contributed by atoms with Gasteiger partial charge in [-0.2, -0.15) is 5.10 Å². The van der Waals surface area contributed by atoms with E-state index in [1.165, 1.54) is 10.6 Å². The molecule has 1 saturated carbocycles. The van der Waals surface area contributed by atoms with Crippen LogP contribution in [0.5, 0.6) is 0 Å². The highest BCUT2D eigenvalue weighted by molar-refractivity contribution is 7.92. The van der Waals surface area contributed by atoms with Crippen LogP contribution in [0.25, 0.3) is 0 Å². The van der Waals surface area contributed by atoms with Gasteiger partial charge in [0, 0.05) is 24.2 Å². The average molecular weight is 389 g/mol. The standard InChI is InChI=1S/C18H23N5O3S/c1-11(2)22-10-19-17(21-22)15-9-23(27(3,25)26)16-7-4-12(8-14(15)16)18(24)20-13-5-6-13/h4,7-8,10-11,13,15H,5-6,9H2,1-3H3,(H,20,24). The van der Waals surface area contributed by atoms with Crippen molar-refractivity contribution in [1.82, 2.24) is 20.1 Å². The van der Waals surface area contributed by atoms with E-state index in [1.54, 1.807) is 29.2 Å². The van der Waals surface area contributed by atoms with Gasteiger partial charge in [-0.05, 0) is 50.5 Å². The number of rotatable bonds is 5. The van der Waals surface area contributed by atoms with Crippen molar-refractivity contribution in [2.24, 2.45) is 0 Å². The second-order valence-corrected chi connectivity index (χ2v) is 9.45. The Balaban J connectivity index is 1.74. The van der Waals surface area contributed by atoms with Crippen LogP contribution in [-0.4, -0.2) is 47.9 Å². The molecule has 1 atom stereocenters. The Bertz CT molecular complexity index is 994. The predicted molar refractivity (Wildman–Crippen MR) is 101 cm³/mol. The summed E-state index contributed by atoms with van der Waals surface area (Å²) in [6.45, 7) is 4.25. The summed E-state index contributed by atoms with van der Waals surface area (Å²) in [4.78, 5) is 16.8. The number of amides is 1. The molecule has 1 aliphatic heterocycles. The zero-order valence-electron chi connectivity index (χ0n) is 15.6. The normalized spacial score (nSPS) is 19.4. The minimum atomic E-state index is -3.44. The third kappa shape index (κ3) is 3.43. The maximum atomic E-state index is 12.4. The van der Waals surface area contributed by atoms with E-state index in [0.717, 1.165) is 18.4 Å². The van der Waals surface area contributed by atoms with Gasteiger partial charge in [-0.15, -0.1) is 0 Å². The lowest BCUT2D eigenvalue weighted by atomic mass is 9.98. The molecule has 0 saturated heterocycles. The lowest BCUT2D eigenvalue weighted by molar-refractivity contribution is 0.0951. The van der Waals surface area contributed by atoms with Gasteiger partial charge in [-0.1, -0.05) is 0 Å². The lowest BCUT2D eigenvalue weighted by Gasteiger charge is -2.16. The molecule has 9 heteroatoms. The van der Waals surface area contributed by atoms with Crippen molar-refractivity contribution >= 4 is 21.6 Å². The molecule has 2 heterocycles. The number of fused-ring (bicyclic) bond motifs is 1. The van der Waals surface area contributed by atoms with E-state index in [2.05, 4.69) is 15.4 Å². The SMILES string of the molecule is CC(C)n1cnc(C2CN(S(C)(=O)=O)c3ccc(C(=O)NC4CC4)cc32)n1. The molecule has 1 aromatic heterocycles. The summed E-state index contributed by atoms with van der Waals surface area (Å²) in [5, 5.41) is 7.49. The van der Waals surface area contributed by atoms with Crippen LogP contribution in [0.1, 0.15) is 60.4 Å². The molecule has 0 radical (unpaired) electrons. The molecule has 27 heavy (non-hydrogen) atoms. The number of hydrogen-bond donors (Lipinski definition) is 1. The van der Waals surface area contributed by atoms with Crippen LogP contribution in [0.15, 0.2) is 24.5 Å². The van der Waals surface area contributed by atoms with Crippen molar-refractivity contribution in [3.63, 3.8) is 0 Å². The predicted octanol–water partition coefficient (Wildman–Crippen LogP) is 1.66. The van der Waals surface area contributed by atoms with Crippen LogP contribution >= 0.6 is 0 Å². The Hall–Kier alpha value is -2.42. The van der Waals surface area contributed by atoms with Gasteiger partial charge in [0.2, 0.25) is 10.0 Å². The quantitative estimate of drug-likeness (QED) is 0.839. The zero-order chi connectivity index (χ0) is 19.3. The van der Waals surface area contributed by atoms with Crippen LogP contribution < -0.4 is 9.62 Å². The monoisotopic (exact) mass is 389 g/mol. The number of anilines is 1. The molecule has 2 aliphatic rings. The zero-order valence-corrected chi connectivity index (χ0v) is 16.4. The first-order valence-corrected chi connectivity index (χ1v) is 10.9. The van der Waals surface area contributed by atoms with Crippen LogP contribution in [0.4, 0.5) is 5.69 Å². The van der Waals surface area contributed by atoms with E-state index < -0.39 is 10.0 Å². The summed E-state index contributed by atoms with van der Waals surface area (Å²) in [6, 6.07) is 5.58. The Morgan fingerprint density at radius 1 is 1.30 bits per heavy atom. The summed E-state index contributed by atoms with van der Waals surface area (Å²) in [6.07, 6.45) is 4.87. The Kier molecular flexibility index (Phi) is 4.21. The first-order chi connectivity index (χ1) is 12.7. The second kappa shape index (κ2) is 6.33. The molecule has 1 unspecified atom stereocenters. The fourth-order valence-electron chi connectivity index (χ4n) is 3.29. The average Bonchev–Trinajstić information content (AvgIpc) is 3.13. The molecule has 2 aromatic rings. The van der Waals surface area contributed by atoms with Crippen LogP contribution in [0, 0.1) is 0 Å². The van der Waals surface area contributed by atoms with Crippen molar-refractivity contribution in [3.8, 4) is 0 Å². The van der Waals surface area contributed by atoms with Gasteiger partial charge < -0.3 is 5.32 Å². The van der Waals surface area contributed by atoms with Gasteiger partial charge >= 0.3 is 0 Å². The highest BCUT2D eigenvalue weighted by Gasteiger charge is 2.37. The maximum Gasteiger partial charge on any atom is 0.251 e. The summed E-state index contributed by atoms with van der Waals surface area (Å²) < 4.78 is 27.6. The lowest BCUT2D eigenvalue weighted by Crippen LogP contribution is -2.29. The fraction of sp³-hybridized carbons (Fsp3) is 0.500. The van der Waals surface area contributed by atoms with E-state index in [1.807, 2.05) is 13.8 Å². The van der Waals surface area contributed by atoms with E-state index >= 15 is 0 Å². The number of sulfonamides is 1. The van der Waals surface area contributed by atoms with E-state index in [-0.39, 0.29) is 30.5 Å². The molecule has 1 amide bonds. The highest BCUT2D eigenvalue weighted by atomic mass is 32.2. The first-order valence-electron chi connectivity index (χ1n) is 9.07. The summed E-state index contributed by atoms with van der Waals surface area (Å²) >= 11 is 0. The van der Waals surface area contributed by atoms with Crippen LogP contribution in [0.2, 0.25) is 0 Å². The number of carbonyl (C=O) groups is 1. The van der Waals surface area contributed by atoms with Crippen molar-refractivity contribution in [1.29, 1.82) is 0 Å². The number of nitrogens with one attached hydrogen (secondary N) is 1. The molecule has 0 bridgehead atoms. The molecular weight excluding hydrogens is 366 g/mol. The van der Waals surface area contributed by atoms with Gasteiger partial charge in [-0.3, -0.25) is 13.8 Å². The van der Waals surface area contributed by atoms with E-state index in [9.17, 15) is 13.2 Å². The van der Waals surface area contributed by atoms with Gasteiger partial charge in [-0.25, -0.2) is 13.4 Å². The number of carbonyl (C=O) groups excluding carboxylic acids is 1. The fourth-order valence-corrected chi connectivity index (χ4v) is 4.24. The second-order valence-electron chi connectivity index (χ2n) is 7.54. The summed E-state index contributed by atoms with van der Waals surface area (Å²) in [5.74, 6) is 0.136. The minimum Gasteiger partial charge on any atom is -0.349 e. The molecular formula is C18H23N5O3S. The topological polar surface area (TPSA) is 97.2 Å². The highest BCUT2D eigenvalue weighted by Crippen LogP contribution is 2.41. The molecule has 1 aliphatic carbocycles. The van der Waals surface area contributed by atoms with Crippen LogP contribution in [0.3, 0.4) is 0 Å². The number of hydrogen-bond acceptors (Lipinski definition) is 5. The largest absolute Gasteiger partial charge is 0.349 e. The Morgan fingerprint density at radius 2 is 2.04 bits per heavy atom. The van der Waals surface area contributed by atoms with Crippen molar-refractivity contribution in [2.75, 3.05) is 17.1 Å². The summed E-state index contributed by atoms with van der Waals surface area (Å²) in [5.41, 5.74) is 1.89. The molecule has 8 nitrogen and oxygen atoms in total. The van der Waals surface area contributed by atoms with Crippen molar-refractivity contribution < 1.29 is 13.2 Å². The molecule has 4 rings (SSSR count). The molecule has 0 spiro atoms. The summed E-state index contributed by atoms with van der Waals surface area (Å²) in [7, 11) is -3.44. The third-order valence-electron chi connectivity index (χ3n) is 4.96. The first kappa shape index (κ1) is 18.0. The number of benzene rings is 1. The Labute approximate surface area is 158 Å². The number of aromatic nitrogens is 3. The van der Waals surface area contributed by atoms with Gasteiger partial charge in [0.05, 0.1) is 17.9 Å². The van der Waals surface area contributed by atoms with Gasteiger partial charge in [0.1, 0.15) is 6.33 Å². The van der Waals surface area contributed by atoms with Crippen LogP contribution in [-0.2, 0) is 10.0 Å². The molecule has 144 valence electrons. The number of nitrogens with zero attached hydrogens (tertiary/aromatic N) is 4. The van der Waals surface area contributed by atoms with Gasteiger partial charge in [0.15, 0.2) is 5.82 Å². The minimum absolute atomic E-state index is 0.127. The van der Waals surface area contributed by atoms with Gasteiger partial charge in [0.25, 0.3) is 5.91 Å². The molecule has 1 aromatic carbocycles. The van der Waals surface area contributed by atoms with E-state index in [0.29, 0.717) is 17.1 Å². The maximum absolute atomic E-state index is 12.4. The third-order valence-corrected chi connectivity index (χ3v) is 6.11. The Morgan fingerprint density at radius 3 is 2.63 bits per heavy atom.